The fraction of sp³-hybridized carbons (Fsp3) is 0.0625. The van der Waals surface area contributed by atoms with Crippen molar-refractivity contribution in [1.29, 1.82) is 0 Å². The van der Waals surface area contributed by atoms with Crippen LogP contribution in [0, 0.1) is 6.92 Å². The van der Waals surface area contributed by atoms with E-state index in [4.69, 9.17) is 5.73 Å². The van der Waals surface area contributed by atoms with Crippen LogP contribution in [0.2, 0.25) is 0 Å². The minimum Gasteiger partial charge on any atom is -0.397 e. The molecule has 0 fully saturated rings. The highest BCUT2D eigenvalue weighted by Gasteiger charge is 2.11. The van der Waals surface area contributed by atoms with Gasteiger partial charge in [-0.05, 0) is 30.7 Å². The van der Waals surface area contributed by atoms with Crippen LogP contribution in [0.3, 0.4) is 0 Å². The highest BCUT2D eigenvalue weighted by atomic mass is 16.1. The molecule has 0 bridgehead atoms. The zero-order valence-corrected chi connectivity index (χ0v) is 11.5. The Hall–Kier alpha value is -2.95. The topological polar surface area (TPSA) is 80.9 Å². The minimum atomic E-state index is -0.240. The van der Waals surface area contributed by atoms with Crippen LogP contribution in [0.15, 0.2) is 48.8 Å². The number of anilines is 2. The van der Waals surface area contributed by atoms with E-state index in [2.05, 4.69) is 15.3 Å². The molecule has 0 aliphatic carbocycles. The quantitative estimate of drug-likeness (QED) is 0.755. The lowest BCUT2D eigenvalue weighted by Gasteiger charge is -2.08. The summed E-state index contributed by atoms with van der Waals surface area (Å²) in [5, 5.41) is 3.70. The minimum absolute atomic E-state index is 0.240. The van der Waals surface area contributed by atoms with Gasteiger partial charge in [-0.25, -0.2) is 4.98 Å². The lowest BCUT2D eigenvalue weighted by Crippen LogP contribution is -2.14. The first-order chi connectivity index (χ1) is 10.1. The summed E-state index contributed by atoms with van der Waals surface area (Å²) in [6.07, 6.45) is 3.21. The fourth-order valence-electron chi connectivity index (χ4n) is 2.11. The molecule has 0 aliphatic rings. The number of para-hydroxylation sites is 1. The number of hydrogen-bond donors (Lipinski definition) is 2. The van der Waals surface area contributed by atoms with E-state index < -0.39 is 0 Å². The molecule has 2 heterocycles. The van der Waals surface area contributed by atoms with Gasteiger partial charge < -0.3 is 11.1 Å². The second kappa shape index (κ2) is 5.20. The Kier molecular flexibility index (Phi) is 3.23. The van der Waals surface area contributed by atoms with E-state index in [0.717, 1.165) is 10.9 Å². The van der Waals surface area contributed by atoms with E-state index in [1.807, 2.05) is 31.2 Å². The number of rotatable bonds is 2. The molecule has 104 valence electrons. The van der Waals surface area contributed by atoms with Crippen molar-refractivity contribution in [2.75, 3.05) is 11.1 Å². The summed E-state index contributed by atoms with van der Waals surface area (Å²) >= 11 is 0. The van der Waals surface area contributed by atoms with Crippen LogP contribution < -0.4 is 11.1 Å². The molecule has 0 unspecified atom stereocenters. The number of fused-ring (bicyclic) bond motifs is 1. The van der Waals surface area contributed by atoms with E-state index in [-0.39, 0.29) is 5.91 Å². The molecule has 3 rings (SSSR count). The molecule has 5 heteroatoms. The molecule has 21 heavy (non-hydrogen) atoms. The van der Waals surface area contributed by atoms with Crippen molar-refractivity contribution in [3.63, 3.8) is 0 Å². The number of carbonyl (C=O) groups is 1. The Labute approximate surface area is 121 Å². The second-order valence-electron chi connectivity index (χ2n) is 4.76. The molecule has 0 spiro atoms. The smallest absolute Gasteiger partial charge is 0.259 e. The van der Waals surface area contributed by atoms with Gasteiger partial charge in [0.2, 0.25) is 0 Å². The van der Waals surface area contributed by atoms with Crippen LogP contribution in [0.5, 0.6) is 0 Å². The monoisotopic (exact) mass is 278 g/mol. The van der Waals surface area contributed by atoms with Gasteiger partial charge in [-0.3, -0.25) is 9.78 Å². The first kappa shape index (κ1) is 13.1. The maximum absolute atomic E-state index is 12.4. The fourth-order valence-corrected chi connectivity index (χ4v) is 2.11. The van der Waals surface area contributed by atoms with Gasteiger partial charge in [-0.15, -0.1) is 0 Å². The van der Waals surface area contributed by atoms with Gasteiger partial charge in [0.15, 0.2) is 0 Å². The van der Waals surface area contributed by atoms with Crippen LogP contribution in [-0.2, 0) is 0 Å². The number of benzene rings is 1. The van der Waals surface area contributed by atoms with Crippen molar-refractivity contribution in [2.24, 2.45) is 0 Å². The van der Waals surface area contributed by atoms with Crippen molar-refractivity contribution in [3.05, 3.63) is 59.9 Å². The Morgan fingerprint density at radius 3 is 2.81 bits per heavy atom. The number of aryl methyl sites for hydroxylation is 1. The van der Waals surface area contributed by atoms with Crippen molar-refractivity contribution >= 4 is 28.3 Å². The summed E-state index contributed by atoms with van der Waals surface area (Å²) in [6, 6.07) is 11.0. The summed E-state index contributed by atoms with van der Waals surface area (Å²) in [5.74, 6) is 0.232. The predicted octanol–water partition coefficient (Wildman–Crippen LogP) is 2.77. The highest BCUT2D eigenvalue weighted by molar-refractivity contribution is 6.11. The normalized spacial score (nSPS) is 10.5. The second-order valence-corrected chi connectivity index (χ2v) is 4.76. The Morgan fingerprint density at radius 2 is 2.00 bits per heavy atom. The molecular weight excluding hydrogens is 264 g/mol. The number of nitrogens with one attached hydrogen (secondary N) is 1. The SMILES string of the molecule is Cc1cc(NC(=O)c2cccc3cccnc23)ncc1N. The molecular formula is C16H14N4O. The number of aromatic nitrogens is 2. The van der Waals surface area contributed by atoms with E-state index >= 15 is 0 Å². The molecule has 2 aromatic heterocycles. The third-order valence-electron chi connectivity index (χ3n) is 3.27. The van der Waals surface area contributed by atoms with Gasteiger partial charge in [0.25, 0.3) is 5.91 Å². The van der Waals surface area contributed by atoms with Gasteiger partial charge in [-0.1, -0.05) is 18.2 Å². The van der Waals surface area contributed by atoms with E-state index in [1.54, 1.807) is 18.3 Å². The van der Waals surface area contributed by atoms with E-state index in [0.29, 0.717) is 22.6 Å². The average molecular weight is 278 g/mol. The predicted molar refractivity (Wildman–Crippen MR) is 83.1 cm³/mol. The summed E-state index contributed by atoms with van der Waals surface area (Å²) in [6.45, 7) is 1.87. The van der Waals surface area contributed by atoms with Gasteiger partial charge >= 0.3 is 0 Å². The summed E-state index contributed by atoms with van der Waals surface area (Å²) in [4.78, 5) is 20.8. The number of hydrogen-bond acceptors (Lipinski definition) is 4. The maximum Gasteiger partial charge on any atom is 0.259 e. The summed E-state index contributed by atoms with van der Waals surface area (Å²) < 4.78 is 0. The van der Waals surface area contributed by atoms with Gasteiger partial charge in [0.05, 0.1) is 23.0 Å². The van der Waals surface area contributed by atoms with Crippen molar-refractivity contribution in [1.82, 2.24) is 9.97 Å². The van der Waals surface area contributed by atoms with Crippen LogP contribution in [-0.4, -0.2) is 15.9 Å². The van der Waals surface area contributed by atoms with Gasteiger partial charge in [-0.2, -0.15) is 0 Å². The standard InChI is InChI=1S/C16H14N4O/c1-10-8-14(19-9-13(10)17)20-16(21)12-6-2-4-11-5-3-7-18-15(11)12/h2-9H,17H2,1H3,(H,19,20,21). The van der Waals surface area contributed by atoms with Crippen molar-refractivity contribution in [2.45, 2.75) is 6.92 Å². The van der Waals surface area contributed by atoms with Crippen LogP contribution in [0.4, 0.5) is 11.5 Å². The number of amides is 1. The number of nitrogen functional groups attached to an aromatic ring is 1. The Bertz CT molecular complexity index is 824. The molecule has 0 aliphatic heterocycles. The first-order valence-electron chi connectivity index (χ1n) is 6.52. The third-order valence-corrected chi connectivity index (χ3v) is 3.27. The number of pyridine rings is 2. The third kappa shape index (κ3) is 2.53. The van der Waals surface area contributed by atoms with E-state index in [1.165, 1.54) is 6.20 Å². The lowest BCUT2D eigenvalue weighted by atomic mass is 10.1. The molecule has 5 nitrogen and oxygen atoms in total. The van der Waals surface area contributed by atoms with Crippen LogP contribution in [0.25, 0.3) is 10.9 Å². The maximum atomic E-state index is 12.4. The number of nitrogens with zero attached hydrogens (tertiary/aromatic N) is 2. The molecule has 3 N–H and O–H groups in total. The average Bonchev–Trinajstić information content (AvgIpc) is 2.50. The van der Waals surface area contributed by atoms with Gasteiger partial charge in [0.1, 0.15) is 5.82 Å². The molecule has 1 aromatic carbocycles. The molecule has 3 aromatic rings. The largest absolute Gasteiger partial charge is 0.397 e. The molecule has 0 radical (unpaired) electrons. The first-order valence-corrected chi connectivity index (χ1v) is 6.52. The molecule has 1 amide bonds. The number of nitrogens with two attached hydrogens (primary N) is 1. The zero-order valence-electron chi connectivity index (χ0n) is 11.5. The lowest BCUT2D eigenvalue weighted by molar-refractivity contribution is 0.102. The highest BCUT2D eigenvalue weighted by Crippen LogP contribution is 2.18. The van der Waals surface area contributed by atoms with Crippen molar-refractivity contribution in [3.8, 4) is 0 Å². The Balaban J connectivity index is 1.95. The van der Waals surface area contributed by atoms with Gasteiger partial charge in [0, 0.05) is 11.6 Å². The van der Waals surface area contributed by atoms with Crippen molar-refractivity contribution < 1.29 is 4.79 Å². The summed E-state index contributed by atoms with van der Waals surface area (Å²) in [7, 11) is 0. The Morgan fingerprint density at radius 1 is 1.19 bits per heavy atom. The van der Waals surface area contributed by atoms with Crippen LogP contribution in [0.1, 0.15) is 15.9 Å². The molecule has 0 saturated carbocycles. The number of carbonyl (C=O) groups excluding carboxylic acids is 1. The zero-order chi connectivity index (χ0) is 14.8. The molecule has 0 atom stereocenters. The van der Waals surface area contributed by atoms with Crippen LogP contribution >= 0.6 is 0 Å². The molecule has 0 saturated heterocycles. The van der Waals surface area contributed by atoms with E-state index in [9.17, 15) is 4.79 Å². The summed E-state index contributed by atoms with van der Waals surface area (Å²) in [5.41, 5.74) is 8.38.